The molecule has 0 amide bonds. The predicted octanol–water partition coefficient (Wildman–Crippen LogP) is 7.09. The molecule has 1 N–H and O–H groups in total. The van der Waals surface area contributed by atoms with Gasteiger partial charge in [0.15, 0.2) is 0 Å². The third-order valence-corrected chi connectivity index (χ3v) is 61.6. The number of unbranched alkanes of at least 4 members (excludes halogenated alkanes) is 1. The summed E-state index contributed by atoms with van der Waals surface area (Å²) >= 11 is 0. The molecule has 1 nitrogen and oxygen atoms in total. The Morgan fingerprint density at radius 1 is 0.741 bits per heavy atom. The Morgan fingerprint density at radius 3 is 1.52 bits per heavy atom. The third kappa shape index (κ3) is 2.92. The summed E-state index contributed by atoms with van der Waals surface area (Å²) in [5, 5.41) is 0. The Balaban J connectivity index is 2.94. The molecule has 0 saturated carbocycles. The van der Waals surface area contributed by atoms with Crippen LogP contribution in [0, 0.1) is 0 Å². The highest BCUT2D eigenvalue weighted by Gasteiger charge is 2.78. The summed E-state index contributed by atoms with van der Waals surface area (Å²) in [4.78, 5) is 4.36. The maximum absolute atomic E-state index is 4.50. The van der Waals surface area contributed by atoms with Gasteiger partial charge in [-0.25, -0.2) is 0 Å². The molecule has 0 spiro atoms. The Labute approximate surface area is 177 Å². The smallest absolute Gasteiger partial charge is 0.139 e. The minimum atomic E-state index is -1.53. The second-order valence-electron chi connectivity index (χ2n) is 13.4. The lowest BCUT2D eigenvalue weighted by atomic mass is 10.4. The number of hydrogen-bond donors (Lipinski definition) is 1. The van der Waals surface area contributed by atoms with Crippen molar-refractivity contribution >= 4 is 48.8 Å². The van der Waals surface area contributed by atoms with Crippen LogP contribution in [0.4, 0.5) is 0 Å². The molecule has 0 aromatic carbocycles. The monoisotopic (exact) mass is 471 g/mol. The van der Waals surface area contributed by atoms with E-state index in [0.29, 0.717) is 0 Å². The van der Waals surface area contributed by atoms with Crippen molar-refractivity contribution in [3.63, 3.8) is 0 Å². The average Bonchev–Trinajstić information content (AvgIpc) is 2.69. The van der Waals surface area contributed by atoms with Crippen LogP contribution in [-0.2, 0) is 0 Å². The maximum atomic E-state index is 4.50. The predicted molar refractivity (Wildman–Crippen MR) is 143 cm³/mol. The van der Waals surface area contributed by atoms with Crippen LogP contribution in [0.3, 0.4) is 0 Å². The van der Waals surface area contributed by atoms with E-state index in [4.69, 9.17) is 0 Å². The number of nitrogens with one attached hydrogen (secondary N) is 1. The van der Waals surface area contributed by atoms with E-state index in [9.17, 15) is 0 Å². The van der Waals surface area contributed by atoms with Gasteiger partial charge in [0.05, 0.1) is 16.1 Å². The van der Waals surface area contributed by atoms with Gasteiger partial charge in [0.2, 0.25) is 0 Å². The van der Waals surface area contributed by atoms with E-state index < -0.39 is 48.8 Å². The van der Waals surface area contributed by atoms with E-state index in [0.717, 1.165) is 3.91 Å². The first kappa shape index (κ1) is 24.3. The van der Waals surface area contributed by atoms with Crippen LogP contribution in [0.2, 0.25) is 95.1 Å². The third-order valence-electron chi connectivity index (χ3n) is 8.42. The topological polar surface area (TPSA) is 12.0 Å². The molecule has 0 radical (unpaired) electrons. The first-order chi connectivity index (χ1) is 11.8. The minimum absolute atomic E-state index is 0.775. The fourth-order valence-electron chi connectivity index (χ4n) is 10.2. The van der Waals surface area contributed by atoms with Crippen LogP contribution in [0.15, 0.2) is 9.64 Å². The summed E-state index contributed by atoms with van der Waals surface area (Å²) in [5.74, 6) is 0. The number of rotatable bonds is 5. The van der Waals surface area contributed by atoms with Crippen molar-refractivity contribution in [2.45, 2.75) is 115 Å². The quantitative estimate of drug-likeness (QED) is 0.422. The van der Waals surface area contributed by atoms with E-state index in [2.05, 4.69) is 106 Å². The highest BCUT2D eigenvalue weighted by atomic mass is 28.5. The maximum Gasteiger partial charge on any atom is 0.139 e. The van der Waals surface area contributed by atoms with Crippen LogP contribution < -0.4 is 4.65 Å². The van der Waals surface area contributed by atoms with Crippen LogP contribution in [-0.4, -0.2) is 48.8 Å². The van der Waals surface area contributed by atoms with Crippen LogP contribution in [0.1, 0.15) is 19.8 Å². The molecule has 0 aromatic rings. The molecule has 0 bridgehead atoms. The average molecular weight is 472 g/mol. The summed E-state index contributed by atoms with van der Waals surface area (Å²) in [7, 11) is -8.74. The molecule has 2 heterocycles. The van der Waals surface area contributed by atoms with Crippen molar-refractivity contribution in [1.29, 1.82) is 0 Å². The molecule has 27 heavy (non-hydrogen) atoms. The Hall–Kier alpha value is 1.00. The highest BCUT2D eigenvalue weighted by molar-refractivity contribution is 7.42. The summed E-state index contributed by atoms with van der Waals surface area (Å²) in [5.41, 5.74) is 0. The fraction of sp³-hybridized carbons (Fsp3) is 0.900. The lowest BCUT2D eigenvalue weighted by Gasteiger charge is -2.65. The molecule has 2 rings (SSSR count). The van der Waals surface area contributed by atoms with Gasteiger partial charge in [-0.1, -0.05) is 115 Å². The molecule has 0 aromatic heterocycles. The van der Waals surface area contributed by atoms with Gasteiger partial charge in [-0.05, 0) is 9.95 Å². The largest absolute Gasteiger partial charge is 0.353 e. The van der Waals surface area contributed by atoms with Crippen molar-refractivity contribution in [2.24, 2.45) is 0 Å². The molecule has 0 aliphatic carbocycles. The van der Waals surface area contributed by atoms with E-state index in [1.807, 2.05) is 0 Å². The number of hydrogen-bond acceptors (Lipinski definition) is 1. The summed E-state index contributed by atoms with van der Waals surface area (Å²) in [6, 6.07) is 1.49. The van der Waals surface area contributed by atoms with Crippen LogP contribution in [0.5, 0.6) is 0 Å². The standard InChI is InChI=1S/C20H49NSi6/c1-15-16-17-27(14)19-18(26(12,13)21-27)24(8,9)20(22(2,3)4,23(5,6)7)25(19,10)11/h21H,15-17H2,1-14H3. The van der Waals surface area contributed by atoms with E-state index >= 15 is 0 Å². The summed E-state index contributed by atoms with van der Waals surface area (Å²) in [6.45, 7) is 38.6. The highest BCUT2D eigenvalue weighted by Crippen LogP contribution is 2.70. The zero-order valence-electron chi connectivity index (χ0n) is 21.1. The molecule has 1 unspecified atom stereocenters. The van der Waals surface area contributed by atoms with Crippen molar-refractivity contribution in [1.82, 2.24) is 4.65 Å². The van der Waals surface area contributed by atoms with Gasteiger partial charge in [-0.2, -0.15) is 0 Å². The Bertz CT molecular complexity index is 636. The fourth-order valence-corrected chi connectivity index (χ4v) is 93.2. The van der Waals surface area contributed by atoms with E-state index in [1.165, 1.54) is 18.9 Å². The van der Waals surface area contributed by atoms with Gasteiger partial charge >= 0.3 is 0 Å². The van der Waals surface area contributed by atoms with Crippen molar-refractivity contribution in [3.05, 3.63) is 9.64 Å². The van der Waals surface area contributed by atoms with Gasteiger partial charge in [-0.3, -0.25) is 0 Å². The molecule has 2 aliphatic rings. The SMILES string of the molecule is CCCC[Si]1(C)N[Si](C)(C)C2=C1[Si](C)(C)C([Si](C)(C)C)([Si](C)(C)C)[Si]2(C)C. The van der Waals surface area contributed by atoms with Crippen molar-refractivity contribution in [2.75, 3.05) is 0 Å². The first-order valence-corrected chi connectivity index (χ1v) is 30.0. The molecular formula is C20H49NSi6. The second-order valence-corrected chi connectivity index (χ2v) is 45.3. The van der Waals surface area contributed by atoms with Crippen molar-refractivity contribution in [3.8, 4) is 0 Å². The molecule has 0 fully saturated rings. The van der Waals surface area contributed by atoms with Crippen LogP contribution >= 0.6 is 0 Å². The lowest BCUT2D eigenvalue weighted by molar-refractivity contribution is 0.863. The van der Waals surface area contributed by atoms with Gasteiger partial charge in [0, 0.05) is 16.1 Å². The molecular weight excluding hydrogens is 423 g/mol. The zero-order chi connectivity index (χ0) is 21.5. The first-order valence-electron chi connectivity index (χ1n) is 11.3. The van der Waals surface area contributed by atoms with Gasteiger partial charge in [0.1, 0.15) is 16.5 Å². The lowest BCUT2D eigenvalue weighted by Crippen LogP contribution is -2.77. The van der Waals surface area contributed by atoms with Gasteiger partial charge in [0.25, 0.3) is 0 Å². The van der Waals surface area contributed by atoms with Crippen LogP contribution in [0.25, 0.3) is 0 Å². The summed E-state index contributed by atoms with van der Waals surface area (Å²) < 4.78 is 5.27. The molecule has 7 heteroatoms. The van der Waals surface area contributed by atoms with E-state index in [1.54, 1.807) is 0 Å². The summed E-state index contributed by atoms with van der Waals surface area (Å²) in [6.07, 6.45) is 2.78. The van der Waals surface area contributed by atoms with Gasteiger partial charge < -0.3 is 4.65 Å². The van der Waals surface area contributed by atoms with Crippen molar-refractivity contribution < 1.29 is 0 Å². The normalized spacial score (nSPS) is 31.3. The Kier molecular flexibility index (Phi) is 5.84. The molecule has 2 aliphatic heterocycles. The second kappa shape index (κ2) is 6.50. The Morgan fingerprint density at radius 2 is 1.15 bits per heavy atom. The zero-order valence-corrected chi connectivity index (χ0v) is 27.1. The van der Waals surface area contributed by atoms with Gasteiger partial charge in [-0.15, -0.1) is 0 Å². The van der Waals surface area contributed by atoms with E-state index in [-0.39, 0.29) is 0 Å². The molecule has 1 atom stereocenters. The molecule has 0 saturated heterocycles. The molecule has 158 valence electrons. The minimum Gasteiger partial charge on any atom is -0.353 e.